The normalized spacial score (nSPS) is 10.9. The number of hydrogen-bond acceptors (Lipinski definition) is 3. The van der Waals surface area contributed by atoms with E-state index in [-0.39, 0.29) is 0 Å². The van der Waals surface area contributed by atoms with Crippen LogP contribution in [0.25, 0.3) is 0 Å². The predicted octanol–water partition coefficient (Wildman–Crippen LogP) is 2.19. The van der Waals surface area contributed by atoms with Crippen molar-refractivity contribution in [3.05, 3.63) is 27.1 Å². The van der Waals surface area contributed by atoms with Gasteiger partial charge in [0.2, 0.25) is 0 Å². The van der Waals surface area contributed by atoms with E-state index >= 15 is 0 Å². The first-order valence-corrected chi connectivity index (χ1v) is 6.41. The van der Waals surface area contributed by atoms with Gasteiger partial charge in [0.1, 0.15) is 22.4 Å². The van der Waals surface area contributed by atoms with E-state index in [4.69, 9.17) is 11.6 Å². The van der Waals surface area contributed by atoms with Gasteiger partial charge in [0.05, 0.1) is 5.02 Å². The quantitative estimate of drug-likeness (QED) is 0.794. The topological polar surface area (TPSA) is 48.5 Å². The van der Waals surface area contributed by atoms with Gasteiger partial charge in [-0.25, -0.2) is 9.67 Å². The molecule has 0 aromatic carbocycles. The first-order chi connectivity index (χ1) is 7.70. The van der Waals surface area contributed by atoms with Crippen molar-refractivity contribution in [3.8, 4) is 0 Å². The van der Waals surface area contributed by atoms with Crippen molar-refractivity contribution >= 4 is 34.2 Å². The van der Waals surface area contributed by atoms with E-state index in [1.807, 2.05) is 4.68 Å². The monoisotopic (exact) mass is 351 g/mol. The first-order valence-electron chi connectivity index (χ1n) is 4.96. The maximum Gasteiger partial charge on any atom is 0.148 e. The molecule has 0 fully saturated rings. The summed E-state index contributed by atoms with van der Waals surface area (Å²) in [5.74, 6) is 0.900. The predicted molar refractivity (Wildman–Crippen MR) is 69.4 cm³/mol. The average molecular weight is 352 g/mol. The molecule has 0 spiro atoms. The highest BCUT2D eigenvalue weighted by molar-refractivity contribution is 14.1. The van der Waals surface area contributed by atoms with Gasteiger partial charge in [0, 0.05) is 12.7 Å². The fraction of sp³-hybridized carbons (Fsp3) is 0.444. The molecule has 0 bridgehead atoms. The molecule has 2 aromatic heterocycles. The van der Waals surface area contributed by atoms with Crippen molar-refractivity contribution in [1.29, 1.82) is 0 Å². The summed E-state index contributed by atoms with van der Waals surface area (Å²) in [5, 5.41) is 9.11. The summed E-state index contributed by atoms with van der Waals surface area (Å²) in [6.45, 7) is 3.59. The third-order valence-electron chi connectivity index (χ3n) is 2.11. The highest BCUT2D eigenvalue weighted by Gasteiger charge is 2.08. The molecule has 2 heterocycles. The Kier molecular flexibility index (Phi) is 3.80. The Morgan fingerprint density at radius 1 is 1.50 bits per heavy atom. The number of rotatable bonds is 4. The molecule has 86 valence electrons. The highest BCUT2D eigenvalue weighted by atomic mass is 127. The van der Waals surface area contributed by atoms with Crippen LogP contribution in [-0.2, 0) is 13.1 Å². The van der Waals surface area contributed by atoms with Crippen LogP contribution >= 0.6 is 34.2 Å². The lowest BCUT2D eigenvalue weighted by atomic mass is 10.5. The Balaban J connectivity index is 2.16. The molecule has 7 heteroatoms. The molecule has 0 saturated carbocycles. The second-order valence-electron chi connectivity index (χ2n) is 3.36. The van der Waals surface area contributed by atoms with Gasteiger partial charge < -0.3 is 0 Å². The van der Waals surface area contributed by atoms with Gasteiger partial charge in [-0.1, -0.05) is 18.5 Å². The standard InChI is InChI=1S/C9H11ClIN5/c1-2-3-16-8(12-6-13-16)5-15-4-7(10)9(11)14-15/h4,6H,2-3,5H2,1H3. The Labute approximate surface area is 112 Å². The van der Waals surface area contributed by atoms with E-state index in [9.17, 15) is 0 Å². The Hall–Kier alpha value is -0.630. The summed E-state index contributed by atoms with van der Waals surface area (Å²) in [5.41, 5.74) is 0. The molecule has 0 aliphatic rings. The molecule has 0 aliphatic carbocycles. The van der Waals surface area contributed by atoms with Crippen LogP contribution in [0.1, 0.15) is 19.2 Å². The van der Waals surface area contributed by atoms with Crippen LogP contribution in [0.15, 0.2) is 12.5 Å². The molecular weight excluding hydrogens is 340 g/mol. The number of halogens is 2. The van der Waals surface area contributed by atoms with Crippen LogP contribution in [0, 0.1) is 3.70 Å². The Bertz CT molecular complexity index is 458. The maximum absolute atomic E-state index is 5.94. The van der Waals surface area contributed by atoms with Crippen molar-refractivity contribution in [2.75, 3.05) is 0 Å². The average Bonchev–Trinajstić information content (AvgIpc) is 2.77. The summed E-state index contributed by atoms with van der Waals surface area (Å²) in [6.07, 6.45) is 4.41. The van der Waals surface area contributed by atoms with Gasteiger partial charge >= 0.3 is 0 Å². The van der Waals surface area contributed by atoms with E-state index in [2.05, 4.69) is 44.7 Å². The zero-order valence-corrected chi connectivity index (χ0v) is 11.7. The summed E-state index contributed by atoms with van der Waals surface area (Å²) in [4.78, 5) is 4.21. The lowest BCUT2D eigenvalue weighted by Gasteiger charge is -2.03. The molecule has 5 nitrogen and oxygen atoms in total. The molecule has 0 amide bonds. The van der Waals surface area contributed by atoms with Gasteiger partial charge in [-0.05, 0) is 29.0 Å². The molecule has 0 aliphatic heterocycles. The smallest absolute Gasteiger partial charge is 0.148 e. The van der Waals surface area contributed by atoms with Crippen LogP contribution in [0.4, 0.5) is 0 Å². The minimum Gasteiger partial charge on any atom is -0.262 e. The lowest BCUT2D eigenvalue weighted by Crippen LogP contribution is -2.10. The summed E-state index contributed by atoms with van der Waals surface area (Å²) < 4.78 is 4.48. The molecule has 0 N–H and O–H groups in total. The second kappa shape index (κ2) is 5.13. The lowest BCUT2D eigenvalue weighted by molar-refractivity contribution is 0.538. The van der Waals surface area contributed by atoms with Crippen LogP contribution in [-0.4, -0.2) is 24.5 Å². The molecule has 16 heavy (non-hydrogen) atoms. The van der Waals surface area contributed by atoms with Crippen LogP contribution in [0.2, 0.25) is 5.02 Å². The summed E-state index contributed by atoms with van der Waals surface area (Å²) in [7, 11) is 0. The number of hydrogen-bond donors (Lipinski definition) is 0. The maximum atomic E-state index is 5.94. The van der Waals surface area contributed by atoms with Crippen LogP contribution in [0.3, 0.4) is 0 Å². The molecule has 0 saturated heterocycles. The molecule has 2 rings (SSSR count). The van der Waals surface area contributed by atoms with Crippen molar-refractivity contribution in [1.82, 2.24) is 24.5 Å². The molecule has 0 atom stereocenters. The summed E-state index contributed by atoms with van der Waals surface area (Å²) in [6, 6.07) is 0. The zero-order valence-electron chi connectivity index (χ0n) is 8.77. The van der Waals surface area contributed by atoms with Crippen molar-refractivity contribution in [2.45, 2.75) is 26.4 Å². The number of aryl methyl sites for hydroxylation is 1. The molecule has 0 radical (unpaired) electrons. The number of aromatic nitrogens is 5. The van der Waals surface area contributed by atoms with Crippen molar-refractivity contribution < 1.29 is 0 Å². The second-order valence-corrected chi connectivity index (χ2v) is 4.79. The van der Waals surface area contributed by atoms with Crippen LogP contribution < -0.4 is 0 Å². The van der Waals surface area contributed by atoms with Gasteiger partial charge in [-0.15, -0.1) is 0 Å². The van der Waals surface area contributed by atoms with Gasteiger partial charge in [0.15, 0.2) is 0 Å². The Morgan fingerprint density at radius 2 is 2.31 bits per heavy atom. The number of nitrogens with zero attached hydrogens (tertiary/aromatic N) is 5. The van der Waals surface area contributed by atoms with E-state index in [0.29, 0.717) is 11.6 Å². The Morgan fingerprint density at radius 3 is 2.94 bits per heavy atom. The van der Waals surface area contributed by atoms with Crippen LogP contribution in [0.5, 0.6) is 0 Å². The fourth-order valence-electron chi connectivity index (χ4n) is 1.41. The van der Waals surface area contributed by atoms with E-state index in [1.54, 1.807) is 17.2 Å². The third-order valence-corrected chi connectivity index (χ3v) is 3.50. The minimum atomic E-state index is 0.600. The van der Waals surface area contributed by atoms with E-state index in [1.165, 1.54) is 0 Å². The van der Waals surface area contributed by atoms with Gasteiger partial charge in [-0.3, -0.25) is 4.68 Å². The zero-order chi connectivity index (χ0) is 11.5. The molecule has 0 unspecified atom stereocenters. The van der Waals surface area contributed by atoms with Gasteiger partial charge in [-0.2, -0.15) is 10.2 Å². The van der Waals surface area contributed by atoms with Crippen molar-refractivity contribution in [3.63, 3.8) is 0 Å². The van der Waals surface area contributed by atoms with E-state index in [0.717, 1.165) is 22.5 Å². The molecular formula is C9H11ClIN5. The summed E-state index contributed by atoms with van der Waals surface area (Å²) >= 11 is 8.04. The third kappa shape index (κ3) is 2.54. The first kappa shape index (κ1) is 11.8. The largest absolute Gasteiger partial charge is 0.262 e. The van der Waals surface area contributed by atoms with Crippen molar-refractivity contribution in [2.24, 2.45) is 0 Å². The SMILES string of the molecule is CCCn1ncnc1Cn1cc(Cl)c(I)n1. The fourth-order valence-corrected chi connectivity index (χ4v) is 1.98. The van der Waals surface area contributed by atoms with E-state index < -0.39 is 0 Å². The van der Waals surface area contributed by atoms with Gasteiger partial charge in [0.25, 0.3) is 0 Å². The molecule has 2 aromatic rings. The minimum absolute atomic E-state index is 0.600. The highest BCUT2D eigenvalue weighted by Crippen LogP contribution is 2.16.